The number of methoxy groups -OCH3 is 1. The van der Waals surface area contributed by atoms with Crippen molar-refractivity contribution in [2.75, 3.05) is 7.11 Å². The van der Waals surface area contributed by atoms with E-state index < -0.39 is 35.7 Å². The number of esters is 1. The van der Waals surface area contributed by atoms with Crippen molar-refractivity contribution in [3.63, 3.8) is 0 Å². The second-order valence-corrected chi connectivity index (χ2v) is 7.02. The molecule has 0 saturated carbocycles. The van der Waals surface area contributed by atoms with Gasteiger partial charge in [0.1, 0.15) is 17.7 Å². The van der Waals surface area contributed by atoms with Crippen molar-refractivity contribution in [3.05, 3.63) is 35.9 Å². The molecule has 1 N–H and O–H groups in total. The zero-order valence-corrected chi connectivity index (χ0v) is 16.2. The summed E-state index contributed by atoms with van der Waals surface area (Å²) in [5, 5.41) is 2.51. The van der Waals surface area contributed by atoms with Gasteiger partial charge in [0.25, 0.3) is 0 Å². The van der Waals surface area contributed by atoms with E-state index >= 15 is 0 Å². The highest BCUT2D eigenvalue weighted by atomic mass is 16.6. The van der Waals surface area contributed by atoms with E-state index in [4.69, 9.17) is 9.47 Å². The Bertz CT molecular complexity index is 625. The maximum absolute atomic E-state index is 12.9. The third kappa shape index (κ3) is 6.74. The van der Waals surface area contributed by atoms with Crippen molar-refractivity contribution < 1.29 is 23.9 Å². The number of nitrogens with one attached hydrogen (secondary N) is 1. The van der Waals surface area contributed by atoms with Crippen LogP contribution in [0.5, 0.6) is 0 Å². The quantitative estimate of drug-likeness (QED) is 0.784. The highest BCUT2D eigenvalue weighted by Gasteiger charge is 2.31. The Labute approximate surface area is 154 Å². The van der Waals surface area contributed by atoms with Gasteiger partial charge in [0.2, 0.25) is 5.91 Å². The molecular formula is C19H28N2O5. The Kier molecular flexibility index (Phi) is 7.61. The molecule has 0 saturated heterocycles. The molecular weight excluding hydrogens is 336 g/mol. The van der Waals surface area contributed by atoms with Gasteiger partial charge in [0.05, 0.1) is 7.11 Å². The van der Waals surface area contributed by atoms with E-state index in [1.807, 2.05) is 30.3 Å². The van der Waals surface area contributed by atoms with Gasteiger partial charge in [-0.1, -0.05) is 30.3 Å². The van der Waals surface area contributed by atoms with Crippen molar-refractivity contribution in [2.45, 2.75) is 58.8 Å². The fourth-order valence-corrected chi connectivity index (χ4v) is 2.28. The van der Waals surface area contributed by atoms with Crippen LogP contribution in [0.25, 0.3) is 0 Å². The first-order valence-corrected chi connectivity index (χ1v) is 8.47. The molecule has 0 aromatic heterocycles. The largest absolute Gasteiger partial charge is 0.467 e. The second kappa shape index (κ2) is 9.22. The summed E-state index contributed by atoms with van der Waals surface area (Å²) in [5.74, 6) is -0.934. The number of benzene rings is 1. The van der Waals surface area contributed by atoms with Crippen LogP contribution in [0.2, 0.25) is 0 Å². The number of amides is 2. The van der Waals surface area contributed by atoms with Crippen LogP contribution in [0.3, 0.4) is 0 Å². The number of ether oxygens (including phenoxy) is 2. The fraction of sp³-hybridized carbons (Fsp3) is 0.526. The summed E-state index contributed by atoms with van der Waals surface area (Å²) < 4.78 is 9.94. The van der Waals surface area contributed by atoms with Gasteiger partial charge in [-0.3, -0.25) is 4.79 Å². The summed E-state index contributed by atoms with van der Waals surface area (Å²) in [5.41, 5.74) is 0.191. The predicted molar refractivity (Wildman–Crippen MR) is 97.3 cm³/mol. The van der Waals surface area contributed by atoms with E-state index in [0.717, 1.165) is 5.56 Å². The molecule has 1 rings (SSSR count). The van der Waals surface area contributed by atoms with Gasteiger partial charge < -0.3 is 19.7 Å². The summed E-state index contributed by atoms with van der Waals surface area (Å²) in [7, 11) is 1.27. The van der Waals surface area contributed by atoms with Crippen LogP contribution >= 0.6 is 0 Å². The monoisotopic (exact) mass is 364 g/mol. The molecule has 0 unspecified atom stereocenters. The number of rotatable bonds is 6. The van der Waals surface area contributed by atoms with E-state index in [1.165, 1.54) is 12.0 Å². The zero-order valence-electron chi connectivity index (χ0n) is 16.2. The molecule has 2 atom stereocenters. The average Bonchev–Trinajstić information content (AvgIpc) is 2.56. The third-order valence-corrected chi connectivity index (χ3v) is 3.59. The topological polar surface area (TPSA) is 84.9 Å². The molecule has 7 nitrogen and oxygen atoms in total. The van der Waals surface area contributed by atoms with Crippen LogP contribution in [-0.4, -0.2) is 47.7 Å². The SMILES string of the molecule is COC(=O)[C@@H](C)N(Cc1ccccc1)C(=O)[C@@H](C)NC(=O)OC(C)(C)C. The molecule has 1 aromatic rings. The fourth-order valence-electron chi connectivity index (χ4n) is 2.28. The van der Waals surface area contributed by atoms with Crippen LogP contribution < -0.4 is 5.32 Å². The van der Waals surface area contributed by atoms with Crippen molar-refractivity contribution in [2.24, 2.45) is 0 Å². The lowest BCUT2D eigenvalue weighted by atomic mass is 10.1. The molecule has 0 aliphatic rings. The van der Waals surface area contributed by atoms with Gasteiger partial charge in [-0.05, 0) is 40.2 Å². The molecule has 1 aromatic carbocycles. The van der Waals surface area contributed by atoms with Gasteiger partial charge in [-0.25, -0.2) is 9.59 Å². The van der Waals surface area contributed by atoms with Gasteiger partial charge >= 0.3 is 12.1 Å². The first kappa shape index (κ1) is 21.5. The first-order valence-electron chi connectivity index (χ1n) is 8.47. The standard InChI is InChI=1S/C19H28N2O5/c1-13(20-18(24)26-19(3,4)5)16(22)21(14(2)17(23)25-6)12-15-10-8-7-9-11-15/h7-11,13-14H,12H2,1-6H3,(H,20,24)/t13-,14-/m1/s1. The van der Waals surface area contributed by atoms with Gasteiger partial charge in [-0.15, -0.1) is 0 Å². The van der Waals surface area contributed by atoms with E-state index in [2.05, 4.69) is 5.32 Å². The highest BCUT2D eigenvalue weighted by Crippen LogP contribution is 2.12. The second-order valence-electron chi connectivity index (χ2n) is 7.02. The van der Waals surface area contributed by atoms with Crippen molar-refractivity contribution in [1.29, 1.82) is 0 Å². The van der Waals surface area contributed by atoms with Gasteiger partial charge in [-0.2, -0.15) is 0 Å². The number of alkyl carbamates (subject to hydrolysis) is 1. The number of carbonyl (C=O) groups excluding carboxylic acids is 3. The van der Waals surface area contributed by atoms with Crippen molar-refractivity contribution >= 4 is 18.0 Å². The van der Waals surface area contributed by atoms with Crippen molar-refractivity contribution in [1.82, 2.24) is 10.2 Å². The van der Waals surface area contributed by atoms with Crippen LogP contribution in [-0.2, 0) is 25.6 Å². The lowest BCUT2D eigenvalue weighted by Gasteiger charge is -2.30. The molecule has 0 aliphatic heterocycles. The Balaban J connectivity index is 2.92. The maximum atomic E-state index is 12.9. The number of nitrogens with zero attached hydrogens (tertiary/aromatic N) is 1. The Morgan fingerprint density at radius 1 is 1.12 bits per heavy atom. The number of hydrogen-bond donors (Lipinski definition) is 1. The summed E-state index contributed by atoms with van der Waals surface area (Å²) in [6.07, 6.45) is -0.691. The smallest absolute Gasteiger partial charge is 0.408 e. The van der Waals surface area contributed by atoms with Crippen LogP contribution in [0, 0.1) is 0 Å². The molecule has 0 fully saturated rings. The van der Waals surface area contributed by atoms with E-state index in [9.17, 15) is 14.4 Å². The molecule has 0 spiro atoms. The summed E-state index contributed by atoms with van der Waals surface area (Å²) in [4.78, 5) is 38.1. The lowest BCUT2D eigenvalue weighted by Crippen LogP contribution is -2.52. The van der Waals surface area contributed by atoms with Gasteiger partial charge in [0.15, 0.2) is 0 Å². The van der Waals surface area contributed by atoms with Crippen molar-refractivity contribution in [3.8, 4) is 0 Å². The molecule has 0 heterocycles. The normalized spacial score (nSPS) is 13.3. The minimum Gasteiger partial charge on any atom is -0.467 e. The summed E-state index contributed by atoms with van der Waals surface area (Å²) in [6, 6.07) is 7.63. The lowest BCUT2D eigenvalue weighted by molar-refractivity contribution is -0.153. The molecule has 144 valence electrons. The number of carbonyl (C=O) groups is 3. The minimum absolute atomic E-state index is 0.219. The van der Waals surface area contributed by atoms with E-state index in [0.29, 0.717) is 0 Å². The Hall–Kier alpha value is -2.57. The Morgan fingerprint density at radius 2 is 1.69 bits per heavy atom. The van der Waals surface area contributed by atoms with Gasteiger partial charge in [0, 0.05) is 6.54 Å². The summed E-state index contributed by atoms with van der Waals surface area (Å²) >= 11 is 0. The van der Waals surface area contributed by atoms with Crippen LogP contribution in [0.4, 0.5) is 4.79 Å². The molecule has 26 heavy (non-hydrogen) atoms. The summed E-state index contributed by atoms with van der Waals surface area (Å²) in [6.45, 7) is 8.57. The molecule has 2 amide bonds. The molecule has 0 radical (unpaired) electrons. The predicted octanol–water partition coefficient (Wildman–Crippen LogP) is 2.49. The average molecular weight is 364 g/mol. The number of hydrogen-bond acceptors (Lipinski definition) is 5. The minimum atomic E-state index is -0.860. The molecule has 0 aliphatic carbocycles. The molecule has 0 bridgehead atoms. The van der Waals surface area contributed by atoms with E-state index in [-0.39, 0.29) is 6.54 Å². The zero-order chi connectivity index (χ0) is 19.9. The van der Waals surface area contributed by atoms with Crippen LogP contribution in [0.15, 0.2) is 30.3 Å². The van der Waals surface area contributed by atoms with Crippen LogP contribution in [0.1, 0.15) is 40.2 Å². The first-order chi connectivity index (χ1) is 12.0. The van der Waals surface area contributed by atoms with E-state index in [1.54, 1.807) is 34.6 Å². The highest BCUT2D eigenvalue weighted by molar-refractivity contribution is 5.89. The molecule has 7 heteroatoms. The third-order valence-electron chi connectivity index (χ3n) is 3.59. The maximum Gasteiger partial charge on any atom is 0.408 e. The Morgan fingerprint density at radius 3 is 2.19 bits per heavy atom.